The smallest absolute Gasteiger partial charge is 0.133 e. The van der Waals surface area contributed by atoms with Gasteiger partial charge in [-0.15, -0.1) is 0 Å². The first-order valence-electron chi connectivity index (χ1n) is 5.24. The lowest BCUT2D eigenvalue weighted by Gasteiger charge is -2.20. The average molecular weight is 184 g/mol. The van der Waals surface area contributed by atoms with Gasteiger partial charge in [-0.3, -0.25) is 4.79 Å². The Kier molecular flexibility index (Phi) is 4.43. The number of hydrogen-bond donors (Lipinski definition) is 0. The molecule has 0 bridgehead atoms. The van der Waals surface area contributed by atoms with E-state index in [-0.39, 0.29) is 0 Å². The van der Waals surface area contributed by atoms with Crippen LogP contribution in [-0.2, 0) is 9.53 Å². The quantitative estimate of drug-likeness (QED) is 0.630. The number of carbonyl (C=O) groups is 1. The molecule has 2 heteroatoms. The Morgan fingerprint density at radius 1 is 1.54 bits per heavy atom. The van der Waals surface area contributed by atoms with E-state index >= 15 is 0 Å². The fourth-order valence-corrected chi connectivity index (χ4v) is 2.11. The molecule has 0 aromatic carbocycles. The molecule has 1 aliphatic carbocycles. The highest BCUT2D eigenvalue weighted by Gasteiger charge is 2.22. The number of rotatable bonds is 3. The van der Waals surface area contributed by atoms with Gasteiger partial charge in [-0.2, -0.15) is 0 Å². The zero-order valence-corrected chi connectivity index (χ0v) is 8.71. The Morgan fingerprint density at radius 3 is 3.00 bits per heavy atom. The molecule has 0 aliphatic heterocycles. The van der Waals surface area contributed by atoms with Crippen LogP contribution in [0.2, 0.25) is 0 Å². The van der Waals surface area contributed by atoms with Crippen molar-refractivity contribution in [2.45, 2.75) is 39.0 Å². The Hall–Kier alpha value is -0.370. The maximum Gasteiger partial charge on any atom is 0.133 e. The second-order valence-corrected chi connectivity index (χ2v) is 4.18. The van der Waals surface area contributed by atoms with Crippen molar-refractivity contribution < 1.29 is 9.53 Å². The Balaban J connectivity index is 2.42. The molecule has 1 saturated carbocycles. The van der Waals surface area contributed by atoms with E-state index in [1.54, 1.807) is 7.11 Å². The van der Waals surface area contributed by atoms with Crippen molar-refractivity contribution in [3.8, 4) is 0 Å². The molecule has 2 atom stereocenters. The summed E-state index contributed by atoms with van der Waals surface area (Å²) >= 11 is 0. The van der Waals surface area contributed by atoms with Gasteiger partial charge >= 0.3 is 0 Å². The molecule has 0 aromatic heterocycles. The fraction of sp³-hybridized carbons (Fsp3) is 0.909. The van der Waals surface area contributed by atoms with Gasteiger partial charge in [0.15, 0.2) is 0 Å². The lowest BCUT2D eigenvalue weighted by atomic mass is 9.88. The van der Waals surface area contributed by atoms with E-state index in [1.807, 2.05) is 0 Å². The lowest BCUT2D eigenvalue weighted by molar-refractivity contribution is -0.120. The first-order chi connectivity index (χ1) is 6.24. The summed E-state index contributed by atoms with van der Waals surface area (Å²) in [6, 6.07) is 0. The summed E-state index contributed by atoms with van der Waals surface area (Å²) in [5, 5.41) is 0. The third-order valence-electron chi connectivity index (χ3n) is 3.00. The highest BCUT2D eigenvalue weighted by molar-refractivity contribution is 5.78. The summed E-state index contributed by atoms with van der Waals surface area (Å²) in [6.07, 6.45) is 5.09. The monoisotopic (exact) mass is 184 g/mol. The van der Waals surface area contributed by atoms with Crippen LogP contribution >= 0.6 is 0 Å². The van der Waals surface area contributed by atoms with Gasteiger partial charge in [-0.05, 0) is 24.7 Å². The van der Waals surface area contributed by atoms with Crippen LogP contribution in [0.1, 0.15) is 39.0 Å². The zero-order valence-electron chi connectivity index (χ0n) is 8.71. The predicted molar refractivity (Wildman–Crippen MR) is 52.6 cm³/mol. The summed E-state index contributed by atoms with van der Waals surface area (Å²) in [5.74, 6) is 1.55. The molecule has 1 rings (SSSR count). The molecule has 0 radical (unpaired) electrons. The summed E-state index contributed by atoms with van der Waals surface area (Å²) in [7, 11) is 1.73. The number of carbonyl (C=O) groups excluding carboxylic acids is 1. The second-order valence-electron chi connectivity index (χ2n) is 4.18. The number of hydrogen-bond acceptors (Lipinski definition) is 2. The van der Waals surface area contributed by atoms with Crippen LogP contribution in [0, 0.1) is 11.8 Å². The molecule has 0 amide bonds. The van der Waals surface area contributed by atoms with Crippen LogP contribution in [0.15, 0.2) is 0 Å². The van der Waals surface area contributed by atoms with Crippen molar-refractivity contribution in [3.63, 3.8) is 0 Å². The third kappa shape index (κ3) is 3.47. The van der Waals surface area contributed by atoms with Crippen LogP contribution in [0.4, 0.5) is 0 Å². The van der Waals surface area contributed by atoms with Crippen molar-refractivity contribution in [1.29, 1.82) is 0 Å². The van der Waals surface area contributed by atoms with Gasteiger partial charge < -0.3 is 4.74 Å². The molecule has 0 N–H and O–H groups in total. The third-order valence-corrected chi connectivity index (χ3v) is 3.00. The van der Waals surface area contributed by atoms with Crippen LogP contribution < -0.4 is 0 Å². The molecule has 0 aromatic rings. The number of ether oxygens (including phenoxy) is 1. The van der Waals surface area contributed by atoms with Gasteiger partial charge in [-0.25, -0.2) is 0 Å². The topological polar surface area (TPSA) is 26.3 Å². The van der Waals surface area contributed by atoms with E-state index in [1.165, 1.54) is 12.8 Å². The SMILES string of the molecule is COCC(C)C1CCCCC(=O)C1. The Labute approximate surface area is 80.7 Å². The summed E-state index contributed by atoms with van der Waals surface area (Å²) in [5.41, 5.74) is 0. The Bertz CT molecular complexity index is 165. The van der Waals surface area contributed by atoms with E-state index < -0.39 is 0 Å². The normalized spacial score (nSPS) is 26.9. The fourth-order valence-electron chi connectivity index (χ4n) is 2.11. The standard InChI is InChI=1S/C11H20O2/c1-9(8-13-2)10-5-3-4-6-11(12)7-10/h9-10H,3-8H2,1-2H3. The number of methoxy groups -OCH3 is 1. The van der Waals surface area contributed by atoms with Crippen molar-refractivity contribution >= 4 is 5.78 Å². The minimum absolute atomic E-state index is 0.449. The molecule has 76 valence electrons. The maximum absolute atomic E-state index is 11.4. The van der Waals surface area contributed by atoms with E-state index in [2.05, 4.69) is 6.92 Å². The van der Waals surface area contributed by atoms with E-state index in [0.29, 0.717) is 17.6 Å². The van der Waals surface area contributed by atoms with Crippen molar-refractivity contribution in [2.24, 2.45) is 11.8 Å². The lowest BCUT2D eigenvalue weighted by Crippen LogP contribution is -2.18. The molecule has 13 heavy (non-hydrogen) atoms. The van der Waals surface area contributed by atoms with Gasteiger partial charge in [-0.1, -0.05) is 13.3 Å². The van der Waals surface area contributed by atoms with Crippen molar-refractivity contribution in [3.05, 3.63) is 0 Å². The minimum atomic E-state index is 0.449. The van der Waals surface area contributed by atoms with Gasteiger partial charge in [0.25, 0.3) is 0 Å². The van der Waals surface area contributed by atoms with E-state index in [9.17, 15) is 4.79 Å². The second kappa shape index (κ2) is 5.38. The summed E-state index contributed by atoms with van der Waals surface area (Å²) in [4.78, 5) is 11.4. The molecule has 1 fully saturated rings. The average Bonchev–Trinajstić information content (AvgIpc) is 2.30. The molecular weight excluding hydrogens is 164 g/mol. The van der Waals surface area contributed by atoms with Gasteiger partial charge in [0.2, 0.25) is 0 Å². The van der Waals surface area contributed by atoms with Gasteiger partial charge in [0.05, 0.1) is 0 Å². The summed E-state index contributed by atoms with van der Waals surface area (Å²) < 4.78 is 5.12. The largest absolute Gasteiger partial charge is 0.384 e. The molecule has 2 nitrogen and oxygen atoms in total. The zero-order chi connectivity index (χ0) is 9.68. The molecule has 0 saturated heterocycles. The first-order valence-corrected chi connectivity index (χ1v) is 5.24. The van der Waals surface area contributed by atoms with E-state index in [0.717, 1.165) is 25.9 Å². The molecule has 0 heterocycles. The molecule has 2 unspecified atom stereocenters. The van der Waals surface area contributed by atoms with Gasteiger partial charge in [0.1, 0.15) is 5.78 Å². The highest BCUT2D eigenvalue weighted by atomic mass is 16.5. The highest BCUT2D eigenvalue weighted by Crippen LogP contribution is 2.27. The first kappa shape index (κ1) is 10.7. The maximum atomic E-state index is 11.4. The predicted octanol–water partition coefficient (Wildman–Crippen LogP) is 2.42. The number of Topliss-reactive ketones (excluding diaryl/α,β-unsaturated/α-hetero) is 1. The van der Waals surface area contributed by atoms with Crippen LogP contribution in [0.5, 0.6) is 0 Å². The van der Waals surface area contributed by atoms with Crippen LogP contribution in [-0.4, -0.2) is 19.5 Å². The Morgan fingerprint density at radius 2 is 2.31 bits per heavy atom. The molecular formula is C11H20O2. The molecule has 0 spiro atoms. The van der Waals surface area contributed by atoms with Crippen LogP contribution in [0.3, 0.4) is 0 Å². The van der Waals surface area contributed by atoms with Crippen LogP contribution in [0.25, 0.3) is 0 Å². The van der Waals surface area contributed by atoms with Gasteiger partial charge in [0, 0.05) is 26.6 Å². The minimum Gasteiger partial charge on any atom is -0.384 e. The van der Waals surface area contributed by atoms with Crippen molar-refractivity contribution in [1.82, 2.24) is 0 Å². The van der Waals surface area contributed by atoms with E-state index in [4.69, 9.17) is 4.74 Å². The van der Waals surface area contributed by atoms with Crippen molar-refractivity contribution in [2.75, 3.05) is 13.7 Å². The number of ketones is 1. The molecule has 1 aliphatic rings. The summed E-state index contributed by atoms with van der Waals surface area (Å²) in [6.45, 7) is 2.98.